The van der Waals surface area contributed by atoms with Gasteiger partial charge >= 0.3 is 0 Å². The maximum Gasteiger partial charge on any atom is 0.241 e. The third-order valence-electron chi connectivity index (χ3n) is 3.29. The molecular formula is C14H22N2O2. The van der Waals surface area contributed by atoms with Crippen molar-refractivity contribution in [3.05, 3.63) is 23.8 Å². The molecule has 0 aliphatic heterocycles. The number of carbonyl (C=O) groups is 1. The van der Waals surface area contributed by atoms with Gasteiger partial charge in [0, 0.05) is 0 Å². The minimum absolute atomic E-state index is 0.0666. The lowest BCUT2D eigenvalue weighted by Gasteiger charge is -2.18. The van der Waals surface area contributed by atoms with Gasteiger partial charge in [0.2, 0.25) is 5.91 Å². The summed E-state index contributed by atoms with van der Waals surface area (Å²) < 4.78 is 0. The first-order valence-corrected chi connectivity index (χ1v) is 6.37. The van der Waals surface area contributed by atoms with E-state index in [0.29, 0.717) is 5.69 Å². The first-order valence-electron chi connectivity index (χ1n) is 6.37. The van der Waals surface area contributed by atoms with Crippen LogP contribution in [0.25, 0.3) is 0 Å². The molecule has 1 amide bonds. The van der Waals surface area contributed by atoms with Gasteiger partial charge in [0.05, 0.1) is 11.7 Å². The highest BCUT2D eigenvalue weighted by Crippen LogP contribution is 2.25. The standard InChI is InChI=1S/C14H22N2O2/c1-4-9(3)13(15)14(18)16-11-8-10(5-2)6-7-12(11)17/h6-9,13,17H,4-5,15H2,1-3H3,(H,16,18). The zero-order chi connectivity index (χ0) is 13.7. The van der Waals surface area contributed by atoms with Crippen molar-refractivity contribution in [2.75, 3.05) is 5.32 Å². The fraction of sp³-hybridized carbons (Fsp3) is 0.500. The number of phenolic OH excluding ortho intramolecular Hbond substituents is 1. The number of nitrogens with one attached hydrogen (secondary N) is 1. The van der Waals surface area contributed by atoms with Crippen LogP contribution >= 0.6 is 0 Å². The molecule has 4 N–H and O–H groups in total. The Balaban J connectivity index is 2.81. The predicted molar refractivity (Wildman–Crippen MR) is 73.5 cm³/mol. The van der Waals surface area contributed by atoms with E-state index >= 15 is 0 Å². The zero-order valence-electron chi connectivity index (χ0n) is 11.2. The normalized spacial score (nSPS) is 14.0. The Morgan fingerprint density at radius 2 is 2.11 bits per heavy atom. The fourth-order valence-corrected chi connectivity index (χ4v) is 1.63. The number of hydrogen-bond donors (Lipinski definition) is 3. The van der Waals surface area contributed by atoms with Gasteiger partial charge in [0.1, 0.15) is 5.75 Å². The number of amides is 1. The maximum atomic E-state index is 11.9. The smallest absolute Gasteiger partial charge is 0.241 e. The van der Waals surface area contributed by atoms with Crippen molar-refractivity contribution in [3.8, 4) is 5.75 Å². The summed E-state index contributed by atoms with van der Waals surface area (Å²) in [5.74, 6) is -0.0775. The van der Waals surface area contributed by atoms with Crippen LogP contribution in [-0.4, -0.2) is 17.1 Å². The summed E-state index contributed by atoms with van der Waals surface area (Å²) in [7, 11) is 0. The summed E-state index contributed by atoms with van der Waals surface area (Å²) in [6, 6.07) is 4.64. The number of aryl methyl sites for hydroxylation is 1. The molecule has 0 spiro atoms. The van der Waals surface area contributed by atoms with Gasteiger partial charge in [0.25, 0.3) is 0 Å². The number of hydrogen-bond acceptors (Lipinski definition) is 3. The summed E-state index contributed by atoms with van der Waals surface area (Å²) in [5.41, 5.74) is 7.33. The zero-order valence-corrected chi connectivity index (χ0v) is 11.2. The highest BCUT2D eigenvalue weighted by molar-refractivity contribution is 5.96. The van der Waals surface area contributed by atoms with E-state index in [9.17, 15) is 9.90 Å². The van der Waals surface area contributed by atoms with Gasteiger partial charge in [-0.25, -0.2) is 0 Å². The van der Waals surface area contributed by atoms with Crippen molar-refractivity contribution < 1.29 is 9.90 Å². The van der Waals surface area contributed by atoms with Gasteiger partial charge in [-0.15, -0.1) is 0 Å². The van der Waals surface area contributed by atoms with Crippen molar-refractivity contribution in [3.63, 3.8) is 0 Å². The lowest BCUT2D eigenvalue weighted by Crippen LogP contribution is -2.40. The largest absolute Gasteiger partial charge is 0.506 e. The molecule has 4 heteroatoms. The van der Waals surface area contributed by atoms with Crippen molar-refractivity contribution in [1.29, 1.82) is 0 Å². The molecule has 0 heterocycles. The molecule has 18 heavy (non-hydrogen) atoms. The quantitative estimate of drug-likeness (QED) is 0.702. The second-order valence-corrected chi connectivity index (χ2v) is 4.61. The van der Waals surface area contributed by atoms with E-state index in [1.54, 1.807) is 12.1 Å². The predicted octanol–water partition coefficient (Wildman–Crippen LogP) is 2.27. The molecule has 0 saturated carbocycles. The molecule has 1 rings (SSSR count). The maximum absolute atomic E-state index is 11.9. The van der Waals surface area contributed by atoms with Crippen LogP contribution in [-0.2, 0) is 11.2 Å². The molecule has 0 radical (unpaired) electrons. The molecule has 1 aromatic carbocycles. The molecule has 0 aliphatic rings. The summed E-state index contributed by atoms with van der Waals surface area (Å²) in [6.07, 6.45) is 1.69. The second kappa shape index (κ2) is 6.40. The summed E-state index contributed by atoms with van der Waals surface area (Å²) in [6.45, 7) is 5.95. The van der Waals surface area contributed by atoms with Crippen molar-refractivity contribution in [2.45, 2.75) is 39.7 Å². The summed E-state index contributed by atoms with van der Waals surface area (Å²) in [5, 5.41) is 12.4. The number of carbonyl (C=O) groups excluding carboxylic acids is 1. The number of nitrogens with two attached hydrogens (primary N) is 1. The lowest BCUT2D eigenvalue weighted by atomic mass is 9.99. The van der Waals surface area contributed by atoms with Crippen LogP contribution in [0, 0.1) is 5.92 Å². The Bertz CT molecular complexity index is 418. The highest BCUT2D eigenvalue weighted by Gasteiger charge is 2.20. The van der Waals surface area contributed by atoms with Crippen LogP contribution < -0.4 is 11.1 Å². The monoisotopic (exact) mass is 250 g/mol. The van der Waals surface area contributed by atoms with Crippen LogP contribution in [0.3, 0.4) is 0 Å². The Morgan fingerprint density at radius 3 is 2.67 bits per heavy atom. The molecule has 0 aliphatic carbocycles. The Hall–Kier alpha value is -1.55. The van der Waals surface area contributed by atoms with Gasteiger partial charge in [0.15, 0.2) is 0 Å². The Morgan fingerprint density at radius 1 is 1.44 bits per heavy atom. The third-order valence-corrected chi connectivity index (χ3v) is 3.29. The van der Waals surface area contributed by atoms with E-state index in [1.807, 2.05) is 26.8 Å². The summed E-state index contributed by atoms with van der Waals surface area (Å²) >= 11 is 0. The second-order valence-electron chi connectivity index (χ2n) is 4.61. The molecular weight excluding hydrogens is 228 g/mol. The van der Waals surface area contributed by atoms with E-state index in [1.165, 1.54) is 0 Å². The van der Waals surface area contributed by atoms with Crippen molar-refractivity contribution in [1.82, 2.24) is 0 Å². The number of aromatic hydroxyl groups is 1. The van der Waals surface area contributed by atoms with Crippen LogP contribution in [0.2, 0.25) is 0 Å². The molecule has 4 nitrogen and oxygen atoms in total. The molecule has 0 bridgehead atoms. The van der Waals surface area contributed by atoms with E-state index < -0.39 is 6.04 Å². The van der Waals surface area contributed by atoms with Gasteiger partial charge in [-0.2, -0.15) is 0 Å². The minimum atomic E-state index is -0.556. The average molecular weight is 250 g/mol. The number of phenols is 1. The van der Waals surface area contributed by atoms with Crippen LogP contribution in [0.15, 0.2) is 18.2 Å². The van der Waals surface area contributed by atoms with E-state index in [0.717, 1.165) is 18.4 Å². The minimum Gasteiger partial charge on any atom is -0.506 e. The molecule has 2 unspecified atom stereocenters. The summed E-state index contributed by atoms with van der Waals surface area (Å²) in [4.78, 5) is 11.9. The fourth-order valence-electron chi connectivity index (χ4n) is 1.63. The molecule has 1 aromatic rings. The molecule has 0 saturated heterocycles. The van der Waals surface area contributed by atoms with Gasteiger partial charge in [-0.3, -0.25) is 4.79 Å². The van der Waals surface area contributed by atoms with E-state index in [4.69, 9.17) is 5.73 Å². The first-order chi connectivity index (χ1) is 8.49. The van der Waals surface area contributed by atoms with Crippen molar-refractivity contribution >= 4 is 11.6 Å². The van der Waals surface area contributed by atoms with Crippen molar-refractivity contribution in [2.24, 2.45) is 11.7 Å². The topological polar surface area (TPSA) is 75.3 Å². The molecule has 0 fully saturated rings. The van der Waals surface area contributed by atoms with Gasteiger partial charge < -0.3 is 16.2 Å². The SMILES string of the molecule is CCc1ccc(O)c(NC(=O)C(N)C(C)CC)c1. The van der Waals surface area contributed by atoms with E-state index in [-0.39, 0.29) is 17.6 Å². The van der Waals surface area contributed by atoms with Crippen LogP contribution in [0.1, 0.15) is 32.8 Å². The van der Waals surface area contributed by atoms with E-state index in [2.05, 4.69) is 5.32 Å². The third kappa shape index (κ3) is 3.47. The van der Waals surface area contributed by atoms with Gasteiger partial charge in [-0.05, 0) is 30.0 Å². The number of rotatable bonds is 5. The molecule has 100 valence electrons. The molecule has 2 atom stereocenters. The molecule has 0 aromatic heterocycles. The first kappa shape index (κ1) is 14.5. The Labute approximate surface area is 108 Å². The number of benzene rings is 1. The van der Waals surface area contributed by atoms with Crippen LogP contribution in [0.4, 0.5) is 5.69 Å². The number of anilines is 1. The highest BCUT2D eigenvalue weighted by atomic mass is 16.3. The van der Waals surface area contributed by atoms with Gasteiger partial charge in [-0.1, -0.05) is 33.3 Å². The lowest BCUT2D eigenvalue weighted by molar-refractivity contribution is -0.118. The Kier molecular flexibility index (Phi) is 5.16. The average Bonchev–Trinajstić information content (AvgIpc) is 2.39. The van der Waals surface area contributed by atoms with Crippen LogP contribution in [0.5, 0.6) is 5.75 Å².